The summed E-state index contributed by atoms with van der Waals surface area (Å²) >= 11 is 0. The Morgan fingerprint density at radius 2 is 1.88 bits per heavy atom. The molecule has 2 aromatic heterocycles. The Kier molecular flexibility index (Phi) is 9.10. The molecule has 2 N–H and O–H groups in total. The van der Waals surface area contributed by atoms with Crippen LogP contribution in [0.25, 0.3) is 11.2 Å². The summed E-state index contributed by atoms with van der Waals surface area (Å²) in [6.07, 6.45) is 5.02. The SMILES string of the molecule is C=CC(=O)N1CCCC(n2cnc3c(NCc4ccccc4)nc(Nc4ccc(OCCN5CCOCC5)cc4)nc32)C1. The number of likely N-dealkylation sites (tertiary alicyclic amines) is 1. The third-order valence-corrected chi connectivity index (χ3v) is 7.89. The summed E-state index contributed by atoms with van der Waals surface area (Å²) in [5.41, 5.74) is 3.39. The van der Waals surface area contributed by atoms with E-state index in [-0.39, 0.29) is 11.9 Å². The van der Waals surface area contributed by atoms with Gasteiger partial charge in [0, 0.05) is 45.0 Å². The van der Waals surface area contributed by atoms with E-state index in [0.717, 1.165) is 69.2 Å². The molecule has 0 spiro atoms. The standard InChI is InChI=1S/C32H38N8O3/c1-2-28(41)39-14-6-9-26(22-39)40-23-34-29-30(33-21-24-7-4-3-5-8-24)36-32(37-31(29)40)35-25-10-12-27(13-11-25)43-20-17-38-15-18-42-19-16-38/h2-5,7-8,10-13,23,26H,1,6,9,14-22H2,(H2,33,35,36,37). The number of nitrogens with zero attached hydrogens (tertiary/aromatic N) is 6. The molecule has 1 atom stereocenters. The topological polar surface area (TPSA) is 110 Å². The Morgan fingerprint density at radius 3 is 2.67 bits per heavy atom. The van der Waals surface area contributed by atoms with Crippen molar-refractivity contribution >= 4 is 34.5 Å². The summed E-state index contributed by atoms with van der Waals surface area (Å²) in [7, 11) is 0. The minimum Gasteiger partial charge on any atom is -0.492 e. The van der Waals surface area contributed by atoms with Gasteiger partial charge >= 0.3 is 0 Å². The number of carbonyl (C=O) groups excluding carboxylic acids is 1. The van der Waals surface area contributed by atoms with Crippen LogP contribution in [0.3, 0.4) is 0 Å². The first-order chi connectivity index (χ1) is 21.2. The lowest BCUT2D eigenvalue weighted by Crippen LogP contribution is -2.39. The number of amides is 1. The minimum absolute atomic E-state index is 0.0511. The van der Waals surface area contributed by atoms with E-state index < -0.39 is 0 Å². The van der Waals surface area contributed by atoms with E-state index in [1.807, 2.05) is 53.7 Å². The first-order valence-electron chi connectivity index (χ1n) is 14.9. The third kappa shape index (κ3) is 7.12. The average Bonchev–Trinajstić information content (AvgIpc) is 3.49. The maximum atomic E-state index is 12.4. The smallest absolute Gasteiger partial charge is 0.246 e. The summed E-state index contributed by atoms with van der Waals surface area (Å²) in [4.78, 5) is 31.0. The number of anilines is 3. The van der Waals surface area contributed by atoms with E-state index in [2.05, 4.69) is 38.8 Å². The van der Waals surface area contributed by atoms with Gasteiger partial charge in [-0.05, 0) is 48.7 Å². The molecule has 2 aliphatic rings. The zero-order valence-corrected chi connectivity index (χ0v) is 24.3. The van der Waals surface area contributed by atoms with Crippen LogP contribution >= 0.6 is 0 Å². The number of imidazole rings is 1. The second-order valence-corrected chi connectivity index (χ2v) is 10.8. The molecule has 6 rings (SSSR count). The Labute approximate surface area is 251 Å². The van der Waals surface area contributed by atoms with Crippen LogP contribution in [-0.2, 0) is 16.1 Å². The Morgan fingerprint density at radius 1 is 1.07 bits per heavy atom. The Hall–Kier alpha value is -4.48. The number of hydrogen-bond donors (Lipinski definition) is 2. The molecular weight excluding hydrogens is 544 g/mol. The van der Waals surface area contributed by atoms with Crippen LogP contribution in [0.15, 0.2) is 73.6 Å². The highest BCUT2D eigenvalue weighted by Gasteiger charge is 2.26. The number of ether oxygens (including phenoxy) is 2. The maximum absolute atomic E-state index is 12.4. The fraction of sp³-hybridized carbons (Fsp3) is 0.375. The minimum atomic E-state index is -0.0511. The molecule has 11 heteroatoms. The van der Waals surface area contributed by atoms with Crippen LogP contribution < -0.4 is 15.4 Å². The number of benzene rings is 2. The van der Waals surface area contributed by atoms with Gasteiger partial charge < -0.3 is 29.6 Å². The van der Waals surface area contributed by atoms with Gasteiger partial charge in [0.15, 0.2) is 17.0 Å². The van der Waals surface area contributed by atoms with E-state index in [9.17, 15) is 4.79 Å². The Bertz CT molecular complexity index is 1520. The number of piperidine rings is 1. The molecule has 2 aromatic carbocycles. The lowest BCUT2D eigenvalue weighted by Gasteiger charge is -2.32. The van der Waals surface area contributed by atoms with E-state index in [1.165, 1.54) is 6.08 Å². The normalized spacial score (nSPS) is 17.5. The van der Waals surface area contributed by atoms with E-state index in [0.29, 0.717) is 42.6 Å². The van der Waals surface area contributed by atoms with Crippen molar-refractivity contribution in [1.82, 2.24) is 29.3 Å². The summed E-state index contributed by atoms with van der Waals surface area (Å²) in [5.74, 6) is 1.87. The number of fused-ring (bicyclic) bond motifs is 1. The van der Waals surface area contributed by atoms with Crippen molar-refractivity contribution < 1.29 is 14.3 Å². The van der Waals surface area contributed by atoms with Gasteiger partial charge in [-0.1, -0.05) is 36.9 Å². The zero-order chi connectivity index (χ0) is 29.4. The lowest BCUT2D eigenvalue weighted by molar-refractivity contribution is -0.127. The quantitative estimate of drug-likeness (QED) is 0.251. The number of rotatable bonds is 11. The highest BCUT2D eigenvalue weighted by molar-refractivity contribution is 5.87. The van der Waals surface area contributed by atoms with Crippen molar-refractivity contribution in [3.8, 4) is 5.75 Å². The fourth-order valence-electron chi connectivity index (χ4n) is 5.54. The second kappa shape index (κ2) is 13.7. The van der Waals surface area contributed by atoms with Gasteiger partial charge in [0.05, 0.1) is 25.6 Å². The number of hydrogen-bond acceptors (Lipinski definition) is 9. The summed E-state index contributed by atoms with van der Waals surface area (Å²) in [6, 6.07) is 18.1. The van der Waals surface area contributed by atoms with Gasteiger partial charge in [-0.15, -0.1) is 0 Å². The van der Waals surface area contributed by atoms with Crippen LogP contribution in [0, 0.1) is 0 Å². The Balaban J connectivity index is 1.21. The van der Waals surface area contributed by atoms with Crippen molar-refractivity contribution in [2.45, 2.75) is 25.4 Å². The van der Waals surface area contributed by atoms with Gasteiger partial charge in [0.25, 0.3) is 0 Å². The van der Waals surface area contributed by atoms with Gasteiger partial charge in [0.1, 0.15) is 12.4 Å². The molecule has 4 heterocycles. The first kappa shape index (κ1) is 28.6. The number of nitrogens with one attached hydrogen (secondary N) is 2. The predicted octanol–water partition coefficient (Wildman–Crippen LogP) is 4.24. The molecule has 0 bridgehead atoms. The van der Waals surface area contributed by atoms with Gasteiger partial charge in [-0.3, -0.25) is 9.69 Å². The second-order valence-electron chi connectivity index (χ2n) is 10.8. The number of aromatic nitrogens is 4. The summed E-state index contributed by atoms with van der Waals surface area (Å²) in [5, 5.41) is 6.83. The average molecular weight is 583 g/mol. The van der Waals surface area contributed by atoms with E-state index >= 15 is 0 Å². The van der Waals surface area contributed by atoms with Crippen molar-refractivity contribution in [1.29, 1.82) is 0 Å². The van der Waals surface area contributed by atoms with Crippen LogP contribution in [0.1, 0.15) is 24.4 Å². The van der Waals surface area contributed by atoms with Crippen LogP contribution in [-0.4, -0.2) is 87.8 Å². The molecule has 224 valence electrons. The molecule has 2 saturated heterocycles. The highest BCUT2D eigenvalue weighted by atomic mass is 16.5. The van der Waals surface area contributed by atoms with E-state index in [1.54, 1.807) is 0 Å². The summed E-state index contributed by atoms with van der Waals surface area (Å²) in [6.45, 7) is 10.5. The fourth-order valence-corrected chi connectivity index (χ4v) is 5.54. The van der Waals surface area contributed by atoms with Gasteiger partial charge in [-0.25, -0.2) is 4.98 Å². The summed E-state index contributed by atoms with van der Waals surface area (Å²) < 4.78 is 13.5. The lowest BCUT2D eigenvalue weighted by atomic mass is 10.1. The molecular formula is C32H38N8O3. The molecule has 43 heavy (non-hydrogen) atoms. The van der Waals surface area contributed by atoms with Crippen molar-refractivity contribution in [3.63, 3.8) is 0 Å². The number of carbonyl (C=O) groups is 1. The molecule has 11 nitrogen and oxygen atoms in total. The van der Waals surface area contributed by atoms with Crippen molar-refractivity contribution in [3.05, 3.63) is 79.1 Å². The maximum Gasteiger partial charge on any atom is 0.246 e. The van der Waals surface area contributed by atoms with Crippen molar-refractivity contribution in [2.24, 2.45) is 0 Å². The van der Waals surface area contributed by atoms with Gasteiger partial charge in [0.2, 0.25) is 11.9 Å². The van der Waals surface area contributed by atoms with Crippen LogP contribution in [0.4, 0.5) is 17.5 Å². The molecule has 0 radical (unpaired) electrons. The first-order valence-corrected chi connectivity index (χ1v) is 14.9. The molecule has 1 amide bonds. The molecule has 2 fully saturated rings. The number of morpholine rings is 1. The third-order valence-electron chi connectivity index (χ3n) is 7.89. The van der Waals surface area contributed by atoms with E-state index in [4.69, 9.17) is 24.4 Å². The molecule has 0 aliphatic carbocycles. The van der Waals surface area contributed by atoms with Crippen LogP contribution in [0.5, 0.6) is 5.75 Å². The predicted molar refractivity (Wildman–Crippen MR) is 167 cm³/mol. The zero-order valence-electron chi connectivity index (χ0n) is 24.3. The van der Waals surface area contributed by atoms with Gasteiger partial charge in [-0.2, -0.15) is 9.97 Å². The highest BCUT2D eigenvalue weighted by Crippen LogP contribution is 2.29. The molecule has 4 aromatic rings. The molecule has 2 aliphatic heterocycles. The van der Waals surface area contributed by atoms with Crippen LogP contribution in [0.2, 0.25) is 0 Å². The molecule has 1 unspecified atom stereocenters. The monoisotopic (exact) mass is 582 g/mol. The van der Waals surface area contributed by atoms with Crippen molar-refractivity contribution in [2.75, 3.05) is 63.2 Å². The largest absolute Gasteiger partial charge is 0.492 e. The molecule has 0 saturated carbocycles.